The van der Waals surface area contributed by atoms with Crippen molar-refractivity contribution in [3.05, 3.63) is 23.3 Å². The molecule has 4 nitrogen and oxygen atoms in total. The van der Waals surface area contributed by atoms with Crippen LogP contribution in [0.1, 0.15) is 48.5 Å². The van der Waals surface area contributed by atoms with Crippen LogP contribution in [-0.4, -0.2) is 25.7 Å². The van der Waals surface area contributed by atoms with Crippen molar-refractivity contribution in [3.8, 4) is 23.8 Å². The third-order valence-electron chi connectivity index (χ3n) is 4.56. The van der Waals surface area contributed by atoms with Crippen LogP contribution in [0, 0.1) is 25.2 Å². The highest BCUT2D eigenvalue weighted by Crippen LogP contribution is 2.33. The molecular formula is C19H25NO3. The van der Waals surface area contributed by atoms with Gasteiger partial charge in [0, 0.05) is 17.2 Å². The van der Waals surface area contributed by atoms with E-state index in [1.807, 2.05) is 6.92 Å². The molecule has 0 radical (unpaired) electrons. The Morgan fingerprint density at radius 3 is 2.78 bits per heavy atom. The number of terminal acetylenes is 1. The Balaban J connectivity index is 2.18. The van der Waals surface area contributed by atoms with Crippen molar-refractivity contribution in [3.63, 3.8) is 0 Å². The van der Waals surface area contributed by atoms with Crippen LogP contribution in [0.5, 0.6) is 11.5 Å². The van der Waals surface area contributed by atoms with E-state index in [1.165, 1.54) is 19.3 Å². The van der Waals surface area contributed by atoms with E-state index in [4.69, 9.17) is 15.9 Å². The topological polar surface area (TPSA) is 47.6 Å². The highest BCUT2D eigenvalue weighted by Gasteiger charge is 2.24. The molecule has 2 atom stereocenters. The predicted molar refractivity (Wildman–Crippen MR) is 90.9 cm³/mol. The second-order valence-corrected chi connectivity index (χ2v) is 6.10. The van der Waals surface area contributed by atoms with Gasteiger partial charge in [0.05, 0.1) is 7.11 Å². The number of amides is 1. The van der Waals surface area contributed by atoms with E-state index in [0.717, 1.165) is 12.0 Å². The van der Waals surface area contributed by atoms with Crippen LogP contribution in [-0.2, 0) is 0 Å². The number of nitrogens with one attached hydrogen (secondary N) is 1. The number of ether oxygens (including phenoxy) is 2. The number of methoxy groups -OCH3 is 1. The first-order chi connectivity index (χ1) is 11.1. The van der Waals surface area contributed by atoms with Gasteiger partial charge in [0.25, 0.3) is 5.91 Å². The number of carbonyl (C=O) groups is 1. The monoisotopic (exact) mass is 315 g/mol. The average molecular weight is 315 g/mol. The zero-order valence-electron chi connectivity index (χ0n) is 14.1. The van der Waals surface area contributed by atoms with Crippen LogP contribution >= 0.6 is 0 Å². The lowest BCUT2D eigenvalue weighted by Gasteiger charge is -2.29. The van der Waals surface area contributed by atoms with E-state index >= 15 is 0 Å². The normalized spacial score (nSPS) is 20.4. The number of benzene rings is 1. The first-order valence-corrected chi connectivity index (χ1v) is 8.13. The molecule has 1 aromatic carbocycles. The molecule has 1 aromatic rings. The molecule has 0 bridgehead atoms. The van der Waals surface area contributed by atoms with Gasteiger partial charge in [-0.15, -0.1) is 6.42 Å². The molecule has 23 heavy (non-hydrogen) atoms. The molecule has 0 spiro atoms. The summed E-state index contributed by atoms with van der Waals surface area (Å²) in [6.45, 7) is 4.23. The first-order valence-electron chi connectivity index (χ1n) is 8.13. The molecule has 1 amide bonds. The summed E-state index contributed by atoms with van der Waals surface area (Å²) in [5, 5.41) is 3.17. The largest absolute Gasteiger partial charge is 0.493 e. The van der Waals surface area contributed by atoms with Gasteiger partial charge in [-0.25, -0.2) is 0 Å². The van der Waals surface area contributed by atoms with Crippen LogP contribution < -0.4 is 14.8 Å². The van der Waals surface area contributed by atoms with Crippen molar-refractivity contribution in [1.82, 2.24) is 5.32 Å². The van der Waals surface area contributed by atoms with Crippen LogP contribution in [0.2, 0.25) is 0 Å². The van der Waals surface area contributed by atoms with E-state index in [0.29, 0.717) is 23.0 Å². The van der Waals surface area contributed by atoms with E-state index in [9.17, 15) is 4.79 Å². The quantitative estimate of drug-likeness (QED) is 0.848. The van der Waals surface area contributed by atoms with Crippen molar-refractivity contribution in [2.45, 2.75) is 45.6 Å². The Bertz CT molecular complexity index is 603. The molecule has 1 N–H and O–H groups in total. The van der Waals surface area contributed by atoms with Crippen LogP contribution in [0.3, 0.4) is 0 Å². The number of hydrogen-bond donors (Lipinski definition) is 1. The van der Waals surface area contributed by atoms with Crippen molar-refractivity contribution < 1.29 is 14.3 Å². The van der Waals surface area contributed by atoms with Gasteiger partial charge in [-0.3, -0.25) is 4.79 Å². The van der Waals surface area contributed by atoms with Crippen LogP contribution in [0.25, 0.3) is 0 Å². The van der Waals surface area contributed by atoms with E-state index < -0.39 is 0 Å². The lowest BCUT2D eigenvalue weighted by atomic mass is 9.85. The number of carbonyl (C=O) groups excluding carboxylic acids is 1. The lowest BCUT2D eigenvalue weighted by Crippen LogP contribution is -2.41. The Labute approximate surface area is 138 Å². The van der Waals surface area contributed by atoms with E-state index in [1.54, 1.807) is 19.2 Å². The molecule has 0 aliphatic heterocycles. The zero-order valence-corrected chi connectivity index (χ0v) is 14.1. The molecular weight excluding hydrogens is 290 g/mol. The summed E-state index contributed by atoms with van der Waals surface area (Å²) in [7, 11) is 1.57. The van der Waals surface area contributed by atoms with Gasteiger partial charge in [-0.1, -0.05) is 25.7 Å². The van der Waals surface area contributed by atoms with Gasteiger partial charge < -0.3 is 14.8 Å². The predicted octanol–water partition coefficient (Wildman–Crippen LogP) is 3.32. The lowest BCUT2D eigenvalue weighted by molar-refractivity contribution is 0.0909. The van der Waals surface area contributed by atoms with Crippen LogP contribution in [0.15, 0.2) is 12.1 Å². The molecule has 2 unspecified atom stereocenters. The van der Waals surface area contributed by atoms with Gasteiger partial charge in [-0.05, 0) is 37.8 Å². The maximum absolute atomic E-state index is 12.6. The van der Waals surface area contributed by atoms with Gasteiger partial charge in [0.1, 0.15) is 6.61 Å². The molecule has 2 rings (SSSR count). The summed E-state index contributed by atoms with van der Waals surface area (Å²) >= 11 is 0. The fraction of sp³-hybridized carbons (Fsp3) is 0.526. The Morgan fingerprint density at radius 2 is 2.13 bits per heavy atom. The second-order valence-electron chi connectivity index (χ2n) is 6.10. The van der Waals surface area contributed by atoms with Gasteiger partial charge in [0.2, 0.25) is 0 Å². The Morgan fingerprint density at radius 1 is 1.39 bits per heavy atom. The summed E-state index contributed by atoms with van der Waals surface area (Å²) in [4.78, 5) is 12.6. The minimum Gasteiger partial charge on any atom is -0.493 e. The number of rotatable bonds is 5. The smallest absolute Gasteiger partial charge is 0.251 e. The molecule has 1 fully saturated rings. The Hall–Kier alpha value is -2.15. The SMILES string of the molecule is C#CCOc1ccc(C(=O)NC2CCCCC2C)c(C)c1OC. The van der Waals surface area contributed by atoms with E-state index in [-0.39, 0.29) is 18.6 Å². The molecule has 0 aromatic heterocycles. The summed E-state index contributed by atoms with van der Waals surface area (Å²) < 4.78 is 10.9. The highest BCUT2D eigenvalue weighted by atomic mass is 16.5. The standard InChI is InChI=1S/C19H25NO3/c1-5-12-23-17-11-10-15(14(3)18(17)22-4)19(21)20-16-9-7-6-8-13(16)2/h1,10-11,13,16H,6-9,12H2,2-4H3,(H,20,21). The number of hydrogen-bond acceptors (Lipinski definition) is 3. The third-order valence-corrected chi connectivity index (χ3v) is 4.56. The molecule has 0 saturated heterocycles. The van der Waals surface area contributed by atoms with E-state index in [2.05, 4.69) is 18.2 Å². The van der Waals surface area contributed by atoms with Crippen molar-refractivity contribution in [2.24, 2.45) is 5.92 Å². The van der Waals surface area contributed by atoms with Gasteiger partial charge >= 0.3 is 0 Å². The van der Waals surface area contributed by atoms with Crippen molar-refractivity contribution in [2.75, 3.05) is 13.7 Å². The highest BCUT2D eigenvalue weighted by molar-refractivity contribution is 5.96. The second kappa shape index (κ2) is 7.92. The summed E-state index contributed by atoms with van der Waals surface area (Å²) in [5.41, 5.74) is 1.38. The van der Waals surface area contributed by atoms with Gasteiger partial charge in [-0.2, -0.15) is 0 Å². The average Bonchev–Trinajstić information content (AvgIpc) is 2.55. The molecule has 1 aliphatic rings. The molecule has 1 saturated carbocycles. The Kier molecular flexibility index (Phi) is 5.92. The zero-order chi connectivity index (χ0) is 16.8. The van der Waals surface area contributed by atoms with Crippen molar-refractivity contribution in [1.29, 1.82) is 0 Å². The molecule has 124 valence electrons. The maximum atomic E-state index is 12.6. The molecule has 4 heteroatoms. The summed E-state index contributed by atoms with van der Waals surface area (Å²) in [6, 6.07) is 3.76. The fourth-order valence-electron chi connectivity index (χ4n) is 3.18. The third kappa shape index (κ3) is 3.98. The minimum absolute atomic E-state index is 0.0527. The van der Waals surface area contributed by atoms with Crippen molar-refractivity contribution >= 4 is 5.91 Å². The first kappa shape index (κ1) is 17.2. The van der Waals surface area contributed by atoms with Crippen LogP contribution in [0.4, 0.5) is 0 Å². The molecule has 1 aliphatic carbocycles. The molecule has 0 heterocycles. The fourth-order valence-corrected chi connectivity index (χ4v) is 3.18. The summed E-state index contributed by atoms with van der Waals surface area (Å²) in [5.74, 6) is 4.02. The summed E-state index contributed by atoms with van der Waals surface area (Å²) in [6.07, 6.45) is 9.87. The van der Waals surface area contributed by atoms with Gasteiger partial charge in [0.15, 0.2) is 11.5 Å². The minimum atomic E-state index is -0.0527. The maximum Gasteiger partial charge on any atom is 0.251 e.